The van der Waals surface area contributed by atoms with Crippen molar-refractivity contribution in [2.75, 3.05) is 7.11 Å². The van der Waals surface area contributed by atoms with Crippen LogP contribution in [0, 0.1) is 5.82 Å². The third-order valence-electron chi connectivity index (χ3n) is 3.96. The van der Waals surface area contributed by atoms with Gasteiger partial charge in [-0.05, 0) is 24.6 Å². The number of benzene rings is 1. The molecule has 3 aromatic rings. The first kappa shape index (κ1) is 18.7. The number of carbonyl (C=O) groups excluding carboxylic acids is 2. The minimum absolute atomic E-state index is 0.290. The molecule has 0 aliphatic carbocycles. The van der Waals surface area contributed by atoms with Crippen LogP contribution >= 0.6 is 11.3 Å². The molecule has 27 heavy (non-hydrogen) atoms. The molecule has 1 amide bonds. The van der Waals surface area contributed by atoms with E-state index in [9.17, 15) is 18.8 Å². The summed E-state index contributed by atoms with van der Waals surface area (Å²) in [6.07, 6.45) is 1.29. The van der Waals surface area contributed by atoms with Gasteiger partial charge in [0.2, 0.25) is 5.91 Å². The molecule has 0 saturated heterocycles. The molecule has 140 valence electrons. The molecule has 0 saturated carbocycles. The number of carbonyl (C=O) groups is 2. The average Bonchev–Trinajstić information content (AvgIpc) is 3.08. The lowest BCUT2D eigenvalue weighted by Gasteiger charge is -2.12. The van der Waals surface area contributed by atoms with E-state index in [-0.39, 0.29) is 17.9 Å². The number of fused-ring (bicyclic) bond motifs is 1. The summed E-state index contributed by atoms with van der Waals surface area (Å²) in [5, 5.41) is 4.60. The molecule has 0 radical (unpaired) electrons. The summed E-state index contributed by atoms with van der Waals surface area (Å²) >= 11 is 1.29. The number of amides is 1. The van der Waals surface area contributed by atoms with Crippen molar-refractivity contribution in [3.63, 3.8) is 0 Å². The van der Waals surface area contributed by atoms with Crippen molar-refractivity contribution >= 4 is 33.4 Å². The molecular formula is C18H16FN3O4S. The normalized spacial score (nSPS) is 12.0. The van der Waals surface area contributed by atoms with Crippen molar-refractivity contribution in [2.24, 2.45) is 0 Å². The molecule has 0 fully saturated rings. The number of esters is 1. The van der Waals surface area contributed by atoms with E-state index in [0.29, 0.717) is 21.3 Å². The highest BCUT2D eigenvalue weighted by atomic mass is 32.1. The minimum atomic E-state index is -0.828. The number of hydrogen-bond donors (Lipinski definition) is 1. The monoisotopic (exact) mass is 389 g/mol. The van der Waals surface area contributed by atoms with E-state index in [0.717, 1.165) is 0 Å². The predicted octanol–water partition coefficient (Wildman–Crippen LogP) is 1.94. The van der Waals surface area contributed by atoms with Gasteiger partial charge in [-0.2, -0.15) is 0 Å². The van der Waals surface area contributed by atoms with Crippen LogP contribution in [0.15, 0.2) is 40.8 Å². The maximum Gasteiger partial charge on any atom is 0.328 e. The minimum Gasteiger partial charge on any atom is -0.467 e. The van der Waals surface area contributed by atoms with Gasteiger partial charge in [0.1, 0.15) is 23.2 Å². The standard InChI is InChI=1S/C18H16FN3O4S/c1-10(18(25)26-2)21-14(23)7-22-9-20-16-15(17(22)24)13(8-27-16)11-3-5-12(19)6-4-11/h3-6,8-10H,7H2,1-2H3,(H,21,23). The van der Waals surface area contributed by atoms with Gasteiger partial charge in [0.15, 0.2) is 0 Å². The number of thiophene rings is 1. The molecule has 1 unspecified atom stereocenters. The molecule has 0 aliphatic rings. The number of rotatable bonds is 5. The quantitative estimate of drug-likeness (QED) is 0.674. The number of aromatic nitrogens is 2. The highest BCUT2D eigenvalue weighted by Gasteiger charge is 2.18. The Morgan fingerprint density at radius 3 is 2.70 bits per heavy atom. The molecule has 1 N–H and O–H groups in total. The van der Waals surface area contributed by atoms with E-state index in [4.69, 9.17) is 0 Å². The second-order valence-corrected chi connectivity index (χ2v) is 6.68. The molecule has 0 spiro atoms. The van der Waals surface area contributed by atoms with Gasteiger partial charge in [0.05, 0.1) is 18.8 Å². The highest BCUT2D eigenvalue weighted by Crippen LogP contribution is 2.30. The van der Waals surface area contributed by atoms with Gasteiger partial charge in [0.25, 0.3) is 5.56 Å². The van der Waals surface area contributed by atoms with E-state index in [2.05, 4.69) is 15.0 Å². The summed E-state index contributed by atoms with van der Waals surface area (Å²) in [4.78, 5) is 41.1. The fourth-order valence-electron chi connectivity index (χ4n) is 2.60. The van der Waals surface area contributed by atoms with Crippen molar-refractivity contribution in [1.29, 1.82) is 0 Å². The average molecular weight is 389 g/mol. The number of hydrogen-bond acceptors (Lipinski definition) is 6. The van der Waals surface area contributed by atoms with Crippen LogP contribution in [0.1, 0.15) is 6.92 Å². The lowest BCUT2D eigenvalue weighted by Crippen LogP contribution is -2.42. The van der Waals surface area contributed by atoms with Crippen LogP contribution in [0.4, 0.5) is 4.39 Å². The number of ether oxygens (including phenoxy) is 1. The first-order valence-electron chi connectivity index (χ1n) is 8.00. The largest absolute Gasteiger partial charge is 0.467 e. The Balaban J connectivity index is 1.92. The smallest absolute Gasteiger partial charge is 0.328 e. The molecule has 2 aromatic heterocycles. The Morgan fingerprint density at radius 2 is 2.04 bits per heavy atom. The Labute approximate surface area is 157 Å². The maximum atomic E-state index is 13.2. The van der Waals surface area contributed by atoms with Gasteiger partial charge in [-0.25, -0.2) is 14.2 Å². The highest BCUT2D eigenvalue weighted by molar-refractivity contribution is 7.17. The summed E-state index contributed by atoms with van der Waals surface area (Å²) in [6, 6.07) is 4.97. The SMILES string of the molecule is COC(=O)C(C)NC(=O)Cn1cnc2scc(-c3ccc(F)cc3)c2c1=O. The summed E-state index contributed by atoms with van der Waals surface area (Å²) in [5.74, 6) is -1.47. The van der Waals surface area contributed by atoms with E-state index in [1.807, 2.05) is 0 Å². The van der Waals surface area contributed by atoms with Gasteiger partial charge in [-0.15, -0.1) is 11.3 Å². The van der Waals surface area contributed by atoms with Crippen molar-refractivity contribution < 1.29 is 18.7 Å². The van der Waals surface area contributed by atoms with Crippen LogP contribution in [0.3, 0.4) is 0 Å². The first-order chi connectivity index (χ1) is 12.9. The molecule has 9 heteroatoms. The zero-order chi connectivity index (χ0) is 19.6. The lowest BCUT2D eigenvalue weighted by molar-refractivity contribution is -0.144. The molecular weight excluding hydrogens is 373 g/mol. The second-order valence-electron chi connectivity index (χ2n) is 5.83. The molecule has 3 rings (SSSR count). The fraction of sp³-hybridized carbons (Fsp3) is 0.222. The van der Waals surface area contributed by atoms with Gasteiger partial charge < -0.3 is 10.1 Å². The Morgan fingerprint density at radius 1 is 1.33 bits per heavy atom. The summed E-state index contributed by atoms with van der Waals surface area (Å²) in [5.41, 5.74) is 0.926. The molecule has 0 bridgehead atoms. The van der Waals surface area contributed by atoms with Crippen LogP contribution in [-0.4, -0.2) is 34.6 Å². The first-order valence-corrected chi connectivity index (χ1v) is 8.88. The van der Waals surface area contributed by atoms with Crippen LogP contribution in [0.2, 0.25) is 0 Å². The van der Waals surface area contributed by atoms with Gasteiger partial charge in [-0.3, -0.25) is 14.2 Å². The Kier molecular flexibility index (Phi) is 5.31. The third-order valence-corrected chi connectivity index (χ3v) is 4.85. The van der Waals surface area contributed by atoms with Crippen LogP contribution in [0.25, 0.3) is 21.3 Å². The predicted molar refractivity (Wildman–Crippen MR) is 98.9 cm³/mol. The molecule has 2 heterocycles. The van der Waals surface area contributed by atoms with E-state index < -0.39 is 17.9 Å². The van der Waals surface area contributed by atoms with E-state index >= 15 is 0 Å². The van der Waals surface area contributed by atoms with Gasteiger partial charge in [-0.1, -0.05) is 12.1 Å². The fourth-order valence-corrected chi connectivity index (χ4v) is 3.51. The number of nitrogens with zero attached hydrogens (tertiary/aromatic N) is 2. The third kappa shape index (κ3) is 3.87. The van der Waals surface area contributed by atoms with Crippen LogP contribution < -0.4 is 10.9 Å². The van der Waals surface area contributed by atoms with Gasteiger partial charge in [0, 0.05) is 10.9 Å². The molecule has 0 aliphatic heterocycles. The van der Waals surface area contributed by atoms with Crippen molar-refractivity contribution in [2.45, 2.75) is 19.5 Å². The molecule has 7 nitrogen and oxygen atoms in total. The number of halogens is 1. The lowest BCUT2D eigenvalue weighted by atomic mass is 10.1. The Bertz CT molecular complexity index is 1060. The number of nitrogens with one attached hydrogen (secondary N) is 1. The van der Waals surface area contributed by atoms with Crippen molar-refractivity contribution in [3.8, 4) is 11.1 Å². The zero-order valence-corrected chi connectivity index (χ0v) is 15.4. The summed E-state index contributed by atoms with van der Waals surface area (Å²) in [7, 11) is 1.22. The molecule has 1 atom stereocenters. The zero-order valence-electron chi connectivity index (χ0n) is 14.6. The second kappa shape index (κ2) is 7.67. The van der Waals surface area contributed by atoms with E-state index in [1.54, 1.807) is 17.5 Å². The summed E-state index contributed by atoms with van der Waals surface area (Å²) in [6.45, 7) is 1.20. The maximum absolute atomic E-state index is 13.2. The number of methoxy groups -OCH3 is 1. The van der Waals surface area contributed by atoms with Gasteiger partial charge >= 0.3 is 5.97 Å². The summed E-state index contributed by atoms with van der Waals surface area (Å²) < 4.78 is 18.9. The van der Waals surface area contributed by atoms with Crippen LogP contribution in [0.5, 0.6) is 0 Å². The topological polar surface area (TPSA) is 90.3 Å². The van der Waals surface area contributed by atoms with Crippen LogP contribution in [-0.2, 0) is 20.9 Å². The van der Waals surface area contributed by atoms with Crippen molar-refractivity contribution in [1.82, 2.24) is 14.9 Å². The molecule has 1 aromatic carbocycles. The van der Waals surface area contributed by atoms with Crippen molar-refractivity contribution in [3.05, 3.63) is 52.1 Å². The Hall–Kier alpha value is -3.07. The van der Waals surface area contributed by atoms with E-state index in [1.165, 1.54) is 48.4 Å².